The van der Waals surface area contributed by atoms with Crippen molar-refractivity contribution in [1.82, 2.24) is 5.43 Å². The van der Waals surface area contributed by atoms with Crippen molar-refractivity contribution in [2.75, 3.05) is 0 Å². The van der Waals surface area contributed by atoms with Crippen LogP contribution in [0.2, 0.25) is 0 Å². The van der Waals surface area contributed by atoms with Crippen molar-refractivity contribution in [3.63, 3.8) is 0 Å². The van der Waals surface area contributed by atoms with Gasteiger partial charge in [-0.2, -0.15) is 5.10 Å². The Kier molecular flexibility index (Phi) is 2.85. The Balaban J connectivity index is 2.66. The first kappa shape index (κ1) is 10.2. The Morgan fingerprint density at radius 1 is 1.71 bits per heavy atom. The highest BCUT2D eigenvalue weighted by Crippen LogP contribution is 2.22. The number of primary amides is 1. The molecule has 0 fully saturated rings. The summed E-state index contributed by atoms with van der Waals surface area (Å²) in [6, 6.07) is -0.786. The van der Waals surface area contributed by atoms with E-state index in [2.05, 4.69) is 5.10 Å². The molecule has 0 aromatic rings. The van der Waals surface area contributed by atoms with Gasteiger partial charge in [-0.15, -0.1) is 0 Å². The fourth-order valence-corrected chi connectivity index (χ4v) is 1.04. The molecule has 1 unspecified atom stereocenters. The van der Waals surface area contributed by atoms with Gasteiger partial charge in [0.1, 0.15) is 0 Å². The number of ether oxygens (including phenoxy) is 1. The Hall–Kier alpha value is -1.85. The van der Waals surface area contributed by atoms with Crippen LogP contribution in [0.4, 0.5) is 4.79 Å². The lowest BCUT2D eigenvalue weighted by molar-refractivity contribution is -0.127. The maximum Gasteiger partial charge on any atom is 0.332 e. The number of carbonyl (C=O) groups is 2. The van der Waals surface area contributed by atoms with E-state index in [4.69, 9.17) is 10.5 Å². The Morgan fingerprint density at radius 3 is 2.86 bits per heavy atom. The van der Waals surface area contributed by atoms with E-state index in [9.17, 15) is 9.59 Å². The summed E-state index contributed by atoms with van der Waals surface area (Å²) in [4.78, 5) is 21.5. The Labute approximate surface area is 80.8 Å². The molecule has 0 aromatic carbocycles. The van der Waals surface area contributed by atoms with Gasteiger partial charge < -0.3 is 10.5 Å². The van der Waals surface area contributed by atoms with Crippen molar-refractivity contribution in [2.45, 2.75) is 18.9 Å². The van der Waals surface area contributed by atoms with Crippen LogP contribution in [0.1, 0.15) is 13.3 Å². The number of Topliss-reactive ketones (excluding diaryl/α,β-unsaturated/α-hetero) is 1. The molecule has 1 heterocycles. The van der Waals surface area contributed by atoms with Crippen molar-refractivity contribution >= 4 is 18.0 Å². The third kappa shape index (κ3) is 2.09. The number of hydrazone groups is 1. The molecule has 1 aliphatic rings. The molecule has 0 bridgehead atoms. The van der Waals surface area contributed by atoms with Gasteiger partial charge in [0.2, 0.25) is 5.60 Å². The van der Waals surface area contributed by atoms with Crippen molar-refractivity contribution in [3.05, 3.63) is 12.3 Å². The number of ketones is 1. The number of nitrogens with one attached hydrogen (secondary N) is 1. The third-order valence-electron chi connectivity index (χ3n) is 1.84. The minimum atomic E-state index is -1.08. The molecular formula is C8H11N3O3. The molecule has 1 aliphatic heterocycles. The van der Waals surface area contributed by atoms with Gasteiger partial charge in [-0.3, -0.25) is 4.79 Å². The number of rotatable bonds is 3. The summed E-state index contributed by atoms with van der Waals surface area (Å²) >= 11 is 0. The van der Waals surface area contributed by atoms with E-state index in [-0.39, 0.29) is 5.78 Å². The zero-order valence-corrected chi connectivity index (χ0v) is 7.69. The molecule has 6 heteroatoms. The average Bonchev–Trinajstić information content (AvgIpc) is 2.53. The molecule has 1 atom stereocenters. The summed E-state index contributed by atoms with van der Waals surface area (Å²) in [7, 11) is 0. The zero-order chi connectivity index (χ0) is 10.6. The minimum Gasteiger partial charge on any atom is -0.481 e. The number of nitrogens with two attached hydrogens (primary N) is 1. The fourth-order valence-electron chi connectivity index (χ4n) is 1.04. The molecule has 0 aromatic heterocycles. The predicted octanol–water partition coefficient (Wildman–Crippen LogP) is -0.0977. The monoisotopic (exact) mass is 197 g/mol. The minimum absolute atomic E-state index is 0.183. The number of hydrogen-bond acceptors (Lipinski definition) is 4. The van der Waals surface area contributed by atoms with Gasteiger partial charge in [-0.1, -0.05) is 0 Å². The summed E-state index contributed by atoms with van der Waals surface area (Å²) in [5, 5.41) is 3.51. The normalized spacial score (nSPS) is 24.9. The van der Waals surface area contributed by atoms with Gasteiger partial charge >= 0.3 is 6.03 Å². The standard InChI is InChI=1S/C8H11N3O3/c1-6(12)8(3-2-4-14-8)5-10-11-7(9)13/h2,4-5H,3H2,1H3,(H3,9,11,13). The summed E-state index contributed by atoms with van der Waals surface area (Å²) < 4.78 is 5.11. The molecule has 6 nitrogen and oxygen atoms in total. The van der Waals surface area contributed by atoms with Crippen LogP contribution in [-0.2, 0) is 9.53 Å². The third-order valence-corrected chi connectivity index (χ3v) is 1.84. The van der Waals surface area contributed by atoms with Crippen LogP contribution in [0, 0.1) is 0 Å². The molecule has 2 amide bonds. The number of urea groups is 1. The molecular weight excluding hydrogens is 186 g/mol. The van der Waals surface area contributed by atoms with Gasteiger partial charge in [0.05, 0.1) is 12.5 Å². The van der Waals surface area contributed by atoms with E-state index in [0.717, 1.165) is 0 Å². The van der Waals surface area contributed by atoms with E-state index in [1.807, 2.05) is 5.43 Å². The van der Waals surface area contributed by atoms with E-state index in [1.54, 1.807) is 6.08 Å². The molecule has 0 saturated heterocycles. The molecule has 0 radical (unpaired) electrons. The van der Waals surface area contributed by atoms with Gasteiger partial charge in [0.25, 0.3) is 0 Å². The van der Waals surface area contributed by atoms with Crippen molar-refractivity contribution < 1.29 is 14.3 Å². The molecule has 0 saturated carbocycles. The van der Waals surface area contributed by atoms with E-state index in [0.29, 0.717) is 6.42 Å². The molecule has 14 heavy (non-hydrogen) atoms. The number of carbonyl (C=O) groups excluding carboxylic acids is 2. The summed E-state index contributed by atoms with van der Waals surface area (Å²) in [5.41, 5.74) is 5.71. The van der Waals surface area contributed by atoms with Gasteiger partial charge in [0.15, 0.2) is 5.78 Å². The maximum atomic E-state index is 11.2. The van der Waals surface area contributed by atoms with Crippen molar-refractivity contribution in [3.8, 4) is 0 Å². The topological polar surface area (TPSA) is 93.8 Å². The first-order valence-corrected chi connectivity index (χ1v) is 4.00. The second kappa shape index (κ2) is 3.91. The van der Waals surface area contributed by atoms with Crippen LogP contribution in [-0.4, -0.2) is 23.6 Å². The van der Waals surface area contributed by atoms with Crippen LogP contribution in [0.3, 0.4) is 0 Å². The Bertz CT molecular complexity index is 301. The largest absolute Gasteiger partial charge is 0.481 e. The van der Waals surface area contributed by atoms with Crippen LogP contribution < -0.4 is 11.2 Å². The van der Waals surface area contributed by atoms with E-state index < -0.39 is 11.6 Å². The van der Waals surface area contributed by atoms with Crippen LogP contribution in [0.15, 0.2) is 17.4 Å². The highest BCUT2D eigenvalue weighted by molar-refractivity contribution is 6.02. The Morgan fingerprint density at radius 2 is 2.43 bits per heavy atom. The average molecular weight is 197 g/mol. The smallest absolute Gasteiger partial charge is 0.332 e. The molecule has 76 valence electrons. The van der Waals surface area contributed by atoms with Crippen LogP contribution in [0.5, 0.6) is 0 Å². The highest BCUT2D eigenvalue weighted by Gasteiger charge is 2.36. The lowest BCUT2D eigenvalue weighted by atomic mass is 9.98. The quantitative estimate of drug-likeness (QED) is 0.488. The first-order chi connectivity index (χ1) is 6.57. The number of hydrogen-bond donors (Lipinski definition) is 2. The molecule has 0 spiro atoms. The predicted molar refractivity (Wildman–Crippen MR) is 49.5 cm³/mol. The zero-order valence-electron chi connectivity index (χ0n) is 7.69. The summed E-state index contributed by atoms with van der Waals surface area (Å²) in [6.45, 7) is 1.39. The second-order valence-corrected chi connectivity index (χ2v) is 2.87. The lowest BCUT2D eigenvalue weighted by Crippen LogP contribution is -2.39. The maximum absolute atomic E-state index is 11.2. The molecule has 1 rings (SSSR count). The highest BCUT2D eigenvalue weighted by atomic mass is 16.5. The fraction of sp³-hybridized carbons (Fsp3) is 0.375. The van der Waals surface area contributed by atoms with Crippen molar-refractivity contribution in [1.29, 1.82) is 0 Å². The molecule has 0 aliphatic carbocycles. The second-order valence-electron chi connectivity index (χ2n) is 2.87. The van der Waals surface area contributed by atoms with Crippen molar-refractivity contribution in [2.24, 2.45) is 10.8 Å². The van der Waals surface area contributed by atoms with Gasteiger partial charge in [0, 0.05) is 6.42 Å². The summed E-state index contributed by atoms with van der Waals surface area (Å²) in [5.74, 6) is -0.183. The number of amides is 2. The van der Waals surface area contributed by atoms with Crippen LogP contribution >= 0.6 is 0 Å². The van der Waals surface area contributed by atoms with Gasteiger partial charge in [-0.05, 0) is 13.0 Å². The van der Waals surface area contributed by atoms with E-state index in [1.165, 1.54) is 19.4 Å². The SMILES string of the molecule is CC(=O)C1(C=NNC(N)=O)CC=CO1. The molecule has 3 N–H and O–H groups in total. The first-order valence-electron chi connectivity index (χ1n) is 4.00. The van der Waals surface area contributed by atoms with Crippen LogP contribution in [0.25, 0.3) is 0 Å². The van der Waals surface area contributed by atoms with E-state index >= 15 is 0 Å². The number of nitrogens with zero attached hydrogens (tertiary/aromatic N) is 1. The summed E-state index contributed by atoms with van der Waals surface area (Å²) in [6.07, 6.45) is 4.78. The lowest BCUT2D eigenvalue weighted by Gasteiger charge is -2.19. The van der Waals surface area contributed by atoms with Gasteiger partial charge in [-0.25, -0.2) is 10.2 Å².